The molecule has 0 atom stereocenters. The Morgan fingerprint density at radius 1 is 1.04 bits per heavy atom. The van der Waals surface area contributed by atoms with Gasteiger partial charge in [0.2, 0.25) is 0 Å². The number of hydrogen-bond donors (Lipinski definition) is 0. The van der Waals surface area contributed by atoms with Crippen LogP contribution in [0.25, 0.3) is 0 Å². The predicted molar refractivity (Wildman–Crippen MR) is 95.3 cm³/mol. The van der Waals surface area contributed by atoms with Gasteiger partial charge in [-0.2, -0.15) is 5.26 Å². The van der Waals surface area contributed by atoms with E-state index in [1.165, 1.54) is 0 Å². The zero-order chi connectivity index (χ0) is 17.7. The van der Waals surface area contributed by atoms with Crippen LogP contribution in [0.1, 0.15) is 21.5 Å². The maximum absolute atomic E-state index is 12.8. The van der Waals surface area contributed by atoms with Crippen molar-refractivity contribution in [1.82, 2.24) is 3.29 Å². The van der Waals surface area contributed by atoms with Crippen molar-refractivity contribution < 1.29 is 14.7 Å². The number of para-hydroxylation sites is 1. The number of nitriles is 1. The van der Waals surface area contributed by atoms with Crippen molar-refractivity contribution >= 4 is 41.5 Å². The summed E-state index contributed by atoms with van der Waals surface area (Å²) in [5.74, 6) is -0.304. The standard InChI is InChI=1S/C17H14N2O3S2/c1-23-19(24-2,17(21)22)15-6-4-3-5-14(15)16(20)13-9-7-12(11-18)8-10-13/h3-10H,1-2H3. The van der Waals surface area contributed by atoms with Gasteiger partial charge in [0.05, 0.1) is 41.1 Å². The highest BCUT2D eigenvalue weighted by molar-refractivity contribution is 8.15. The Kier molecular flexibility index (Phi) is 5.67. The molecule has 2 aromatic rings. The highest BCUT2D eigenvalue weighted by Crippen LogP contribution is 2.41. The van der Waals surface area contributed by atoms with Crippen LogP contribution in [-0.2, 0) is 0 Å². The average molecular weight is 358 g/mol. The van der Waals surface area contributed by atoms with Gasteiger partial charge in [-0.3, -0.25) is 4.79 Å². The Hall–Kier alpha value is -2.27. The number of carbonyl (C=O) groups is 2. The minimum absolute atomic E-state index is 0.287. The van der Waals surface area contributed by atoms with Crippen LogP contribution in [0.5, 0.6) is 0 Å². The van der Waals surface area contributed by atoms with E-state index in [4.69, 9.17) is 5.26 Å². The molecule has 0 unspecified atom stereocenters. The molecule has 0 heterocycles. The third-order valence-corrected chi connectivity index (χ3v) is 6.11. The minimum atomic E-state index is -1.31. The number of carbonyl (C=O) groups excluding carboxylic acids is 2. The maximum Gasteiger partial charge on any atom is 0.287 e. The van der Waals surface area contributed by atoms with Crippen molar-refractivity contribution in [2.75, 3.05) is 12.5 Å². The number of amides is 1. The molecule has 5 nitrogen and oxygen atoms in total. The lowest BCUT2D eigenvalue weighted by molar-refractivity contribution is -0.253. The van der Waals surface area contributed by atoms with Crippen LogP contribution in [0.2, 0.25) is 0 Å². The van der Waals surface area contributed by atoms with Crippen molar-refractivity contribution in [3.05, 3.63) is 65.2 Å². The molecular formula is C17H14N2O3S2. The van der Waals surface area contributed by atoms with Crippen LogP contribution in [-0.4, -0.2) is 24.4 Å². The summed E-state index contributed by atoms with van der Waals surface area (Å²) in [6, 6.07) is 14.8. The van der Waals surface area contributed by atoms with Crippen molar-refractivity contribution in [2.45, 2.75) is 0 Å². The zero-order valence-electron chi connectivity index (χ0n) is 13.1. The van der Waals surface area contributed by atoms with Gasteiger partial charge in [0.1, 0.15) is 0 Å². The molecule has 0 aliphatic carbocycles. The number of hydrogen-bond acceptors (Lipinski definition) is 6. The van der Waals surface area contributed by atoms with Crippen molar-refractivity contribution in [3.8, 4) is 6.07 Å². The first-order chi connectivity index (χ1) is 11.5. The van der Waals surface area contributed by atoms with E-state index in [-0.39, 0.29) is 11.3 Å². The number of nitrogens with zero attached hydrogens (tertiary/aromatic N) is 2. The summed E-state index contributed by atoms with van der Waals surface area (Å²) in [5.41, 5.74) is 1.47. The van der Waals surface area contributed by atoms with Crippen LogP contribution >= 0.6 is 23.9 Å². The lowest BCUT2D eigenvalue weighted by Gasteiger charge is -2.30. The summed E-state index contributed by atoms with van der Waals surface area (Å²) in [6.07, 6.45) is 1.99. The lowest BCUT2D eigenvalue weighted by atomic mass is 10.0. The third-order valence-electron chi connectivity index (χ3n) is 3.50. The molecule has 7 heteroatoms. The van der Waals surface area contributed by atoms with Gasteiger partial charge >= 0.3 is 0 Å². The highest BCUT2D eigenvalue weighted by atomic mass is 32.2. The fraction of sp³-hybridized carbons (Fsp3) is 0.118. The third kappa shape index (κ3) is 3.17. The van der Waals surface area contributed by atoms with Crippen molar-refractivity contribution in [1.29, 1.82) is 5.26 Å². The Morgan fingerprint density at radius 2 is 1.62 bits per heavy atom. The fourth-order valence-electron chi connectivity index (χ4n) is 2.29. The first-order valence-corrected chi connectivity index (χ1v) is 9.23. The van der Waals surface area contributed by atoms with E-state index in [0.717, 1.165) is 23.9 Å². The van der Waals surface area contributed by atoms with Crippen LogP contribution in [0.4, 0.5) is 10.5 Å². The molecule has 0 aliphatic rings. The summed E-state index contributed by atoms with van der Waals surface area (Å²) in [6.45, 7) is 0. The van der Waals surface area contributed by atoms with E-state index in [2.05, 4.69) is 0 Å². The van der Waals surface area contributed by atoms with E-state index in [9.17, 15) is 14.7 Å². The molecule has 122 valence electrons. The fourth-order valence-corrected chi connectivity index (χ4v) is 3.90. The van der Waals surface area contributed by atoms with Gasteiger partial charge in [-0.25, -0.2) is 0 Å². The second-order valence-corrected chi connectivity index (χ2v) is 6.77. The number of benzene rings is 2. The Balaban J connectivity index is 2.57. The van der Waals surface area contributed by atoms with Crippen molar-refractivity contribution in [2.24, 2.45) is 0 Å². The monoisotopic (exact) mass is 358 g/mol. The molecule has 1 amide bonds. The first-order valence-electron chi connectivity index (χ1n) is 6.86. The second-order valence-electron chi connectivity index (χ2n) is 4.72. The normalized spacial score (nSPS) is 10.9. The molecule has 0 saturated heterocycles. The van der Waals surface area contributed by atoms with E-state index in [0.29, 0.717) is 16.8 Å². The SMILES string of the molecule is CS[N+](SC)(C(=O)[O-])c1ccccc1C(=O)c1ccc(C#N)cc1. The Bertz CT molecular complexity index is 809. The molecule has 0 N–H and O–H groups in total. The van der Waals surface area contributed by atoms with Gasteiger partial charge in [-0.05, 0) is 30.3 Å². The number of quaternary nitrogens is 1. The average Bonchev–Trinajstić information content (AvgIpc) is 2.63. The molecule has 2 rings (SSSR count). The molecule has 24 heavy (non-hydrogen) atoms. The smallest absolute Gasteiger partial charge is 0.287 e. The van der Waals surface area contributed by atoms with Crippen LogP contribution in [0, 0.1) is 11.3 Å². The van der Waals surface area contributed by atoms with Crippen LogP contribution in [0.15, 0.2) is 48.5 Å². The number of rotatable bonds is 5. The van der Waals surface area contributed by atoms with Gasteiger partial charge < -0.3 is 9.90 Å². The molecule has 0 spiro atoms. The molecule has 0 aliphatic heterocycles. The van der Waals surface area contributed by atoms with Crippen molar-refractivity contribution in [3.63, 3.8) is 0 Å². The maximum atomic E-state index is 12.8. The van der Waals surface area contributed by atoms with E-state index in [1.807, 2.05) is 6.07 Å². The van der Waals surface area contributed by atoms with E-state index < -0.39 is 9.39 Å². The van der Waals surface area contributed by atoms with E-state index >= 15 is 0 Å². The molecule has 0 fully saturated rings. The molecule has 0 radical (unpaired) electrons. The second kappa shape index (κ2) is 7.53. The topological polar surface area (TPSA) is 81.0 Å². The molecule has 0 aromatic heterocycles. The summed E-state index contributed by atoms with van der Waals surface area (Å²) in [4.78, 5) is 24.6. The number of ketones is 1. The van der Waals surface area contributed by atoms with Crippen LogP contribution < -0.4 is 8.40 Å². The number of carboxylic acid groups (broad SMARTS) is 1. The van der Waals surface area contributed by atoms with Gasteiger partial charge in [0, 0.05) is 24.1 Å². The summed E-state index contributed by atoms with van der Waals surface area (Å²) in [7, 11) is 0. The summed E-state index contributed by atoms with van der Waals surface area (Å²) >= 11 is 2.11. The van der Waals surface area contributed by atoms with Crippen LogP contribution in [0.3, 0.4) is 0 Å². The Morgan fingerprint density at radius 3 is 2.12 bits per heavy atom. The van der Waals surface area contributed by atoms with E-state index in [1.54, 1.807) is 61.0 Å². The van der Waals surface area contributed by atoms with Gasteiger partial charge in [0.15, 0.2) is 11.5 Å². The summed E-state index contributed by atoms with van der Waals surface area (Å²) in [5, 5.41) is 20.6. The molecule has 2 aromatic carbocycles. The molecular weight excluding hydrogens is 344 g/mol. The molecule has 0 bridgehead atoms. The van der Waals surface area contributed by atoms with Gasteiger partial charge in [-0.1, -0.05) is 12.1 Å². The Labute approximate surface area is 148 Å². The predicted octanol–water partition coefficient (Wildman–Crippen LogP) is 3.00. The lowest BCUT2D eigenvalue weighted by Crippen LogP contribution is -2.49. The minimum Gasteiger partial charge on any atom is -0.496 e. The van der Waals surface area contributed by atoms with Gasteiger partial charge in [-0.15, -0.1) is 3.29 Å². The zero-order valence-corrected chi connectivity index (χ0v) is 14.7. The summed E-state index contributed by atoms with van der Waals surface area (Å²) < 4.78 is -0.585. The largest absolute Gasteiger partial charge is 0.496 e. The van der Waals surface area contributed by atoms with Gasteiger partial charge in [0.25, 0.3) is 6.09 Å². The first kappa shape index (κ1) is 18.1. The highest BCUT2D eigenvalue weighted by Gasteiger charge is 2.38. The quantitative estimate of drug-likeness (QED) is 0.464. The molecule has 0 saturated carbocycles.